The number of nitrogens with zero attached hydrogens (tertiary/aromatic N) is 2. The third-order valence-electron chi connectivity index (χ3n) is 3.41. The minimum absolute atomic E-state index is 0.0625. The summed E-state index contributed by atoms with van der Waals surface area (Å²) in [5.41, 5.74) is 1.18. The number of hydrogen-bond donors (Lipinski definition) is 1. The maximum absolute atomic E-state index is 11.0. The first-order chi connectivity index (χ1) is 8.25. The van der Waals surface area contributed by atoms with E-state index >= 15 is 0 Å². The first kappa shape index (κ1) is 10.8. The van der Waals surface area contributed by atoms with Crippen LogP contribution in [0.3, 0.4) is 0 Å². The smallest absolute Gasteiger partial charge is 0.356 e. The van der Waals surface area contributed by atoms with Gasteiger partial charge in [0, 0.05) is 18.2 Å². The zero-order valence-corrected chi connectivity index (χ0v) is 9.63. The van der Waals surface area contributed by atoms with E-state index in [0.717, 1.165) is 44.4 Å². The molecule has 3 rings (SSSR count). The lowest BCUT2D eigenvalue weighted by Gasteiger charge is -2.24. The van der Waals surface area contributed by atoms with Gasteiger partial charge < -0.3 is 9.84 Å². The lowest BCUT2D eigenvalue weighted by molar-refractivity contribution is -0.0413. The summed E-state index contributed by atoms with van der Waals surface area (Å²) < 4.78 is 7.49. The molecule has 1 aliphatic carbocycles. The van der Waals surface area contributed by atoms with Crippen LogP contribution in [-0.4, -0.2) is 27.5 Å². The molecule has 1 saturated carbocycles. The van der Waals surface area contributed by atoms with Crippen LogP contribution < -0.4 is 0 Å². The normalized spacial score (nSPS) is 24.8. The van der Waals surface area contributed by atoms with E-state index in [0.29, 0.717) is 5.92 Å². The molecule has 2 aliphatic rings. The van der Waals surface area contributed by atoms with Crippen LogP contribution in [0.5, 0.6) is 0 Å². The van der Waals surface area contributed by atoms with Crippen LogP contribution in [0, 0.1) is 0 Å². The number of rotatable bonds is 3. The average molecular weight is 236 g/mol. The highest BCUT2D eigenvalue weighted by Gasteiger charge is 2.32. The third-order valence-corrected chi connectivity index (χ3v) is 3.41. The van der Waals surface area contributed by atoms with E-state index < -0.39 is 5.97 Å². The summed E-state index contributed by atoms with van der Waals surface area (Å²) in [7, 11) is 0. The van der Waals surface area contributed by atoms with Gasteiger partial charge in [0.05, 0.1) is 0 Å². The van der Waals surface area contributed by atoms with E-state index in [1.54, 1.807) is 10.7 Å². The predicted molar refractivity (Wildman–Crippen MR) is 60.0 cm³/mol. The Labute approximate surface area is 99.4 Å². The molecule has 1 saturated heterocycles. The zero-order chi connectivity index (χ0) is 11.8. The van der Waals surface area contributed by atoms with Gasteiger partial charge in [-0.25, -0.2) is 9.48 Å². The number of carbonyl (C=O) groups is 1. The number of carboxylic acid groups (broad SMARTS) is 1. The minimum Gasteiger partial charge on any atom is -0.476 e. The summed E-state index contributed by atoms with van der Waals surface area (Å²) in [6.07, 6.45) is 5.35. The summed E-state index contributed by atoms with van der Waals surface area (Å²) in [4.78, 5) is 11.0. The van der Waals surface area contributed by atoms with Gasteiger partial charge in [0.2, 0.25) is 0 Å². The number of hydrogen-bond acceptors (Lipinski definition) is 3. The summed E-state index contributed by atoms with van der Waals surface area (Å²) in [5.74, 6) is -0.470. The fourth-order valence-corrected chi connectivity index (χ4v) is 2.34. The molecule has 0 amide bonds. The molecule has 1 unspecified atom stereocenters. The first-order valence-electron chi connectivity index (χ1n) is 6.20. The number of ether oxygens (including phenoxy) is 1. The van der Waals surface area contributed by atoms with Crippen molar-refractivity contribution >= 4 is 5.97 Å². The lowest BCUT2D eigenvalue weighted by atomic mass is 10.2. The van der Waals surface area contributed by atoms with Gasteiger partial charge in [-0.2, -0.15) is 5.10 Å². The second-order valence-corrected chi connectivity index (χ2v) is 4.80. The molecule has 1 aliphatic heterocycles. The lowest BCUT2D eigenvalue weighted by Crippen LogP contribution is -2.21. The molecular weight excluding hydrogens is 220 g/mol. The highest BCUT2D eigenvalue weighted by Crippen LogP contribution is 2.42. The predicted octanol–water partition coefficient (Wildman–Crippen LogP) is 2.16. The Morgan fingerprint density at radius 3 is 2.82 bits per heavy atom. The quantitative estimate of drug-likeness (QED) is 0.873. The number of carboxylic acids is 1. The van der Waals surface area contributed by atoms with E-state index in [1.165, 1.54) is 0 Å². The Bertz CT molecular complexity index is 431. The van der Waals surface area contributed by atoms with Crippen molar-refractivity contribution in [1.82, 2.24) is 9.78 Å². The van der Waals surface area contributed by atoms with Gasteiger partial charge in [0.25, 0.3) is 0 Å². The zero-order valence-electron chi connectivity index (χ0n) is 9.63. The SMILES string of the molecule is O=C(O)c1cc(C2CC2)n(C2CCCCO2)n1. The molecule has 17 heavy (non-hydrogen) atoms. The van der Waals surface area contributed by atoms with Crippen LogP contribution in [0.15, 0.2) is 6.07 Å². The van der Waals surface area contributed by atoms with E-state index in [9.17, 15) is 4.79 Å². The van der Waals surface area contributed by atoms with Crippen molar-refractivity contribution < 1.29 is 14.6 Å². The molecule has 1 N–H and O–H groups in total. The monoisotopic (exact) mass is 236 g/mol. The number of aromatic nitrogens is 2. The Hall–Kier alpha value is -1.36. The molecule has 2 heterocycles. The second-order valence-electron chi connectivity index (χ2n) is 4.80. The van der Waals surface area contributed by atoms with Crippen molar-refractivity contribution in [1.29, 1.82) is 0 Å². The molecule has 5 nitrogen and oxygen atoms in total. The Balaban J connectivity index is 1.92. The van der Waals surface area contributed by atoms with Crippen molar-refractivity contribution in [2.24, 2.45) is 0 Å². The average Bonchev–Trinajstić information content (AvgIpc) is 3.09. The number of aromatic carboxylic acids is 1. The summed E-state index contributed by atoms with van der Waals surface area (Å²) in [6.45, 7) is 0.747. The van der Waals surface area contributed by atoms with Gasteiger partial charge in [-0.15, -0.1) is 0 Å². The Kier molecular flexibility index (Phi) is 2.63. The Morgan fingerprint density at radius 1 is 1.41 bits per heavy atom. The molecular formula is C12H16N2O3. The van der Waals surface area contributed by atoms with Crippen LogP contribution in [0.4, 0.5) is 0 Å². The van der Waals surface area contributed by atoms with E-state index in [2.05, 4.69) is 5.10 Å². The van der Waals surface area contributed by atoms with Gasteiger partial charge in [-0.1, -0.05) is 0 Å². The van der Waals surface area contributed by atoms with Crippen molar-refractivity contribution in [3.8, 4) is 0 Å². The van der Waals surface area contributed by atoms with Crippen molar-refractivity contribution in [3.63, 3.8) is 0 Å². The topological polar surface area (TPSA) is 64.3 Å². The van der Waals surface area contributed by atoms with Gasteiger partial charge >= 0.3 is 5.97 Å². The molecule has 5 heteroatoms. The third kappa shape index (κ3) is 2.07. The van der Waals surface area contributed by atoms with E-state index in [1.807, 2.05) is 0 Å². The van der Waals surface area contributed by atoms with E-state index in [4.69, 9.17) is 9.84 Å². The van der Waals surface area contributed by atoms with Gasteiger partial charge in [0.1, 0.15) is 6.23 Å². The maximum Gasteiger partial charge on any atom is 0.356 e. The van der Waals surface area contributed by atoms with Crippen molar-refractivity contribution in [2.45, 2.75) is 44.2 Å². The summed E-state index contributed by atoms with van der Waals surface area (Å²) in [5, 5.41) is 13.2. The van der Waals surface area contributed by atoms with Crippen molar-refractivity contribution in [2.75, 3.05) is 6.61 Å². The largest absolute Gasteiger partial charge is 0.476 e. The molecule has 0 aromatic carbocycles. The standard InChI is InChI=1S/C12H16N2O3/c15-12(16)9-7-10(8-4-5-8)14(13-9)11-3-1-2-6-17-11/h7-8,11H,1-6H2,(H,15,16). The maximum atomic E-state index is 11.0. The fraction of sp³-hybridized carbons (Fsp3) is 0.667. The molecule has 0 radical (unpaired) electrons. The highest BCUT2D eigenvalue weighted by molar-refractivity contribution is 5.85. The molecule has 0 bridgehead atoms. The van der Waals surface area contributed by atoms with Crippen LogP contribution in [0.1, 0.15) is 60.4 Å². The van der Waals surface area contributed by atoms with Gasteiger partial charge in [-0.3, -0.25) is 0 Å². The van der Waals surface area contributed by atoms with Crippen LogP contribution in [0.25, 0.3) is 0 Å². The van der Waals surface area contributed by atoms with Crippen LogP contribution >= 0.6 is 0 Å². The molecule has 0 spiro atoms. The van der Waals surface area contributed by atoms with Crippen molar-refractivity contribution in [3.05, 3.63) is 17.5 Å². The highest BCUT2D eigenvalue weighted by atomic mass is 16.5. The van der Waals surface area contributed by atoms with Gasteiger partial charge in [-0.05, 0) is 38.2 Å². The molecule has 1 atom stereocenters. The second kappa shape index (κ2) is 4.14. The van der Waals surface area contributed by atoms with Gasteiger partial charge in [0.15, 0.2) is 5.69 Å². The Morgan fingerprint density at radius 2 is 2.24 bits per heavy atom. The molecule has 2 fully saturated rings. The van der Waals surface area contributed by atoms with Crippen LogP contribution in [0.2, 0.25) is 0 Å². The summed E-state index contributed by atoms with van der Waals surface area (Å²) >= 11 is 0. The minimum atomic E-state index is -0.957. The van der Waals surface area contributed by atoms with Crippen LogP contribution in [-0.2, 0) is 4.74 Å². The first-order valence-corrected chi connectivity index (χ1v) is 6.20. The fourth-order valence-electron chi connectivity index (χ4n) is 2.34. The molecule has 92 valence electrons. The molecule has 1 aromatic rings. The summed E-state index contributed by atoms with van der Waals surface area (Å²) in [6, 6.07) is 1.71. The molecule has 1 aromatic heterocycles. The van der Waals surface area contributed by atoms with E-state index in [-0.39, 0.29) is 11.9 Å².